The molecule has 1 aromatic rings. The number of halogens is 2. The van der Waals surface area contributed by atoms with Gasteiger partial charge in [-0.05, 0) is 26.2 Å². The van der Waals surface area contributed by atoms with Gasteiger partial charge in [0.25, 0.3) is 0 Å². The van der Waals surface area contributed by atoms with E-state index in [9.17, 15) is 8.78 Å². The van der Waals surface area contributed by atoms with Crippen molar-refractivity contribution in [1.29, 1.82) is 0 Å². The van der Waals surface area contributed by atoms with Crippen LogP contribution in [0, 0.1) is 11.6 Å². The smallest absolute Gasteiger partial charge is 0.167 e. The Kier molecular flexibility index (Phi) is 5.86. The van der Waals surface area contributed by atoms with E-state index in [0.29, 0.717) is 13.2 Å². The third-order valence-corrected chi connectivity index (χ3v) is 2.17. The van der Waals surface area contributed by atoms with Crippen LogP contribution in [0.5, 0.6) is 5.75 Å². The number of nitrogens with one attached hydrogen (secondary N) is 1. The van der Waals surface area contributed by atoms with E-state index in [1.165, 1.54) is 12.1 Å². The highest BCUT2D eigenvalue weighted by Gasteiger charge is 2.03. The number of ether oxygens (including phenoxy) is 1. The number of hydrogen-bond donors (Lipinski definition) is 1. The van der Waals surface area contributed by atoms with Crippen molar-refractivity contribution in [3.63, 3.8) is 0 Å². The van der Waals surface area contributed by atoms with Crippen molar-refractivity contribution in [2.24, 2.45) is 0 Å². The van der Waals surface area contributed by atoms with Crippen molar-refractivity contribution in [2.45, 2.75) is 0 Å². The molecule has 0 aliphatic heterocycles. The number of nitrogens with zero attached hydrogens (tertiary/aromatic N) is 1. The van der Waals surface area contributed by atoms with E-state index >= 15 is 0 Å². The topological polar surface area (TPSA) is 24.5 Å². The van der Waals surface area contributed by atoms with Gasteiger partial charge in [0, 0.05) is 25.7 Å². The maximum atomic E-state index is 13.1. The molecule has 0 radical (unpaired) electrons. The molecule has 0 saturated heterocycles. The Morgan fingerprint density at radius 3 is 2.65 bits per heavy atom. The third-order valence-electron chi connectivity index (χ3n) is 2.17. The molecule has 0 bridgehead atoms. The number of likely N-dealkylation sites (N-methyl/N-ethyl adjacent to an activating group) is 1. The minimum Gasteiger partial charge on any atom is -0.489 e. The van der Waals surface area contributed by atoms with Gasteiger partial charge in [0.1, 0.15) is 12.4 Å². The molecule has 0 aromatic heterocycles. The molecule has 0 aliphatic carbocycles. The minimum absolute atomic E-state index is 0.0841. The predicted molar refractivity (Wildman–Crippen MR) is 63.3 cm³/mol. The lowest BCUT2D eigenvalue weighted by Gasteiger charge is -2.11. The van der Waals surface area contributed by atoms with Gasteiger partial charge in [-0.25, -0.2) is 8.78 Å². The summed E-state index contributed by atoms with van der Waals surface area (Å²) >= 11 is 0. The van der Waals surface area contributed by atoms with E-state index in [-0.39, 0.29) is 5.75 Å². The summed E-state index contributed by atoms with van der Waals surface area (Å²) in [5.41, 5.74) is 0. The molecule has 0 heterocycles. The van der Waals surface area contributed by atoms with Crippen LogP contribution in [0.2, 0.25) is 0 Å². The summed E-state index contributed by atoms with van der Waals surface area (Å²) in [5, 5.41) is 3.15. The molecule has 0 saturated carbocycles. The Morgan fingerprint density at radius 2 is 2.00 bits per heavy atom. The zero-order valence-corrected chi connectivity index (χ0v) is 10.2. The molecule has 17 heavy (non-hydrogen) atoms. The van der Waals surface area contributed by atoms with Crippen molar-refractivity contribution in [3.05, 3.63) is 29.8 Å². The van der Waals surface area contributed by atoms with Gasteiger partial charge in [-0.2, -0.15) is 0 Å². The quantitative estimate of drug-likeness (QED) is 0.736. The maximum Gasteiger partial charge on any atom is 0.167 e. The first-order valence-electron chi connectivity index (χ1n) is 5.53. The van der Waals surface area contributed by atoms with E-state index in [0.717, 1.165) is 19.2 Å². The summed E-state index contributed by atoms with van der Waals surface area (Å²) in [6, 6.07) is 3.29. The van der Waals surface area contributed by atoms with Gasteiger partial charge < -0.3 is 15.0 Å². The molecule has 3 nitrogen and oxygen atoms in total. The minimum atomic E-state index is -0.668. The van der Waals surface area contributed by atoms with Crippen LogP contribution in [0.25, 0.3) is 0 Å². The number of hydrogen-bond acceptors (Lipinski definition) is 3. The molecular weight excluding hydrogens is 226 g/mol. The highest BCUT2D eigenvalue weighted by molar-refractivity contribution is 5.24. The van der Waals surface area contributed by atoms with E-state index in [4.69, 9.17) is 4.74 Å². The van der Waals surface area contributed by atoms with Gasteiger partial charge in [0.2, 0.25) is 0 Å². The molecule has 0 unspecified atom stereocenters. The first-order chi connectivity index (χ1) is 8.09. The molecule has 5 heteroatoms. The summed E-state index contributed by atoms with van der Waals surface area (Å²) < 4.78 is 30.9. The Bertz CT molecular complexity index is 345. The maximum absolute atomic E-state index is 13.1. The average Bonchev–Trinajstić information content (AvgIpc) is 2.25. The molecule has 0 atom stereocenters. The largest absolute Gasteiger partial charge is 0.489 e. The molecule has 1 rings (SSSR count). The van der Waals surface area contributed by atoms with Gasteiger partial charge >= 0.3 is 0 Å². The third kappa shape index (κ3) is 5.60. The van der Waals surface area contributed by atoms with Crippen LogP contribution in [0.4, 0.5) is 8.78 Å². The monoisotopic (exact) mass is 244 g/mol. The van der Waals surface area contributed by atoms with E-state index < -0.39 is 11.6 Å². The molecule has 1 aromatic carbocycles. The molecule has 0 fully saturated rings. The highest BCUT2D eigenvalue weighted by atomic mass is 19.1. The molecule has 1 N–H and O–H groups in total. The fourth-order valence-electron chi connectivity index (χ4n) is 1.25. The lowest BCUT2D eigenvalue weighted by atomic mass is 10.3. The molecular formula is C12H18F2N2O. The fraction of sp³-hybridized carbons (Fsp3) is 0.500. The van der Waals surface area contributed by atoms with Crippen LogP contribution in [-0.2, 0) is 0 Å². The fourth-order valence-corrected chi connectivity index (χ4v) is 1.25. The first-order valence-corrected chi connectivity index (χ1v) is 5.53. The van der Waals surface area contributed by atoms with E-state index in [2.05, 4.69) is 10.2 Å². The summed E-state index contributed by atoms with van der Waals surface area (Å²) in [6.45, 7) is 2.77. The Labute approximate surface area is 100 Å². The van der Waals surface area contributed by atoms with Crippen LogP contribution in [0.3, 0.4) is 0 Å². The lowest BCUT2D eigenvalue weighted by molar-refractivity contribution is 0.294. The summed E-state index contributed by atoms with van der Waals surface area (Å²) in [6.07, 6.45) is 0. The molecule has 0 amide bonds. The van der Waals surface area contributed by atoms with Crippen molar-refractivity contribution in [3.8, 4) is 5.75 Å². The lowest BCUT2D eigenvalue weighted by Crippen LogP contribution is -2.29. The van der Waals surface area contributed by atoms with Gasteiger partial charge in [-0.3, -0.25) is 0 Å². The van der Waals surface area contributed by atoms with Crippen molar-refractivity contribution < 1.29 is 13.5 Å². The SMILES string of the molecule is CN(C)CCNCCOc1ccc(F)cc1F. The van der Waals surface area contributed by atoms with Gasteiger partial charge in [0.05, 0.1) is 0 Å². The Balaban J connectivity index is 2.18. The summed E-state index contributed by atoms with van der Waals surface area (Å²) in [4.78, 5) is 2.06. The van der Waals surface area contributed by atoms with Crippen LogP contribution in [0.1, 0.15) is 0 Å². The second-order valence-electron chi connectivity index (χ2n) is 3.98. The van der Waals surface area contributed by atoms with E-state index in [1.54, 1.807) is 0 Å². The highest BCUT2D eigenvalue weighted by Crippen LogP contribution is 2.17. The summed E-state index contributed by atoms with van der Waals surface area (Å²) in [5.74, 6) is -1.18. The van der Waals surface area contributed by atoms with Crippen LogP contribution >= 0.6 is 0 Å². The second kappa shape index (κ2) is 7.19. The van der Waals surface area contributed by atoms with Gasteiger partial charge in [-0.15, -0.1) is 0 Å². The zero-order chi connectivity index (χ0) is 12.7. The molecule has 96 valence electrons. The zero-order valence-electron chi connectivity index (χ0n) is 10.2. The molecule has 0 spiro atoms. The van der Waals surface area contributed by atoms with Gasteiger partial charge in [-0.1, -0.05) is 0 Å². The van der Waals surface area contributed by atoms with Crippen molar-refractivity contribution in [1.82, 2.24) is 10.2 Å². The van der Waals surface area contributed by atoms with Crippen LogP contribution < -0.4 is 10.1 Å². The van der Waals surface area contributed by atoms with Crippen LogP contribution in [-0.4, -0.2) is 45.2 Å². The molecule has 0 aliphatic rings. The average molecular weight is 244 g/mol. The standard InChI is InChI=1S/C12H18F2N2O/c1-16(2)7-5-15-6-8-17-12-4-3-10(13)9-11(12)14/h3-4,9,15H,5-8H2,1-2H3. The van der Waals surface area contributed by atoms with Crippen molar-refractivity contribution >= 4 is 0 Å². The van der Waals surface area contributed by atoms with E-state index in [1.807, 2.05) is 14.1 Å². The number of benzene rings is 1. The summed E-state index contributed by atoms with van der Waals surface area (Å²) in [7, 11) is 3.98. The second-order valence-corrected chi connectivity index (χ2v) is 3.98. The van der Waals surface area contributed by atoms with Crippen LogP contribution in [0.15, 0.2) is 18.2 Å². The van der Waals surface area contributed by atoms with Crippen molar-refractivity contribution in [2.75, 3.05) is 40.3 Å². The Hall–Kier alpha value is -1.20. The predicted octanol–water partition coefficient (Wildman–Crippen LogP) is 1.49. The number of rotatable bonds is 7. The first kappa shape index (κ1) is 13.9. The Morgan fingerprint density at radius 1 is 1.24 bits per heavy atom. The van der Waals surface area contributed by atoms with Gasteiger partial charge in [0.15, 0.2) is 11.6 Å². The normalized spacial score (nSPS) is 10.9.